The van der Waals surface area contributed by atoms with Gasteiger partial charge in [-0.05, 0) is 17.7 Å². The average Bonchev–Trinajstić information content (AvgIpc) is 2.95. The van der Waals surface area contributed by atoms with Crippen LogP contribution >= 0.6 is 23.2 Å². The van der Waals surface area contributed by atoms with E-state index in [-0.39, 0.29) is 6.10 Å². The molecule has 2 rings (SSSR count). The van der Waals surface area contributed by atoms with E-state index in [1.54, 1.807) is 18.5 Å². The van der Waals surface area contributed by atoms with Gasteiger partial charge in [-0.15, -0.1) is 18.2 Å². The van der Waals surface area contributed by atoms with Crippen LogP contribution < -0.4 is 0 Å². The maximum atomic E-state index is 6.44. The second-order valence-corrected chi connectivity index (χ2v) is 4.88. The van der Waals surface area contributed by atoms with E-state index in [9.17, 15) is 0 Å². The van der Waals surface area contributed by atoms with Gasteiger partial charge in [0.1, 0.15) is 17.3 Å². The summed E-state index contributed by atoms with van der Waals surface area (Å²) in [5.41, 5.74) is 0.947. The Hall–Kier alpha value is -1.29. The molecule has 0 amide bonds. The molecule has 1 heterocycles. The number of nitrogens with one attached hydrogen (secondary N) is 1. The van der Waals surface area contributed by atoms with Crippen LogP contribution in [0.3, 0.4) is 0 Å². The van der Waals surface area contributed by atoms with Crippen molar-refractivity contribution in [3.05, 3.63) is 65.7 Å². The van der Waals surface area contributed by atoms with E-state index < -0.39 is 5.38 Å². The highest BCUT2D eigenvalue weighted by atomic mass is 35.5. The lowest BCUT2D eigenvalue weighted by atomic mass is 10.1. The summed E-state index contributed by atoms with van der Waals surface area (Å²) in [5, 5.41) is 0.270. The van der Waals surface area contributed by atoms with Gasteiger partial charge in [-0.1, -0.05) is 29.8 Å². The lowest BCUT2D eigenvalue weighted by Crippen LogP contribution is -2.12. The number of H-pyrrole nitrogens is 1. The van der Waals surface area contributed by atoms with Crippen LogP contribution in [0.1, 0.15) is 22.9 Å². The molecule has 2 aromatic rings. The van der Waals surface area contributed by atoms with E-state index in [1.807, 2.05) is 24.3 Å². The lowest BCUT2D eigenvalue weighted by molar-refractivity contribution is 0.0691. The molecule has 3 nitrogen and oxygen atoms in total. The van der Waals surface area contributed by atoms with Crippen LogP contribution in [0.5, 0.6) is 0 Å². The Morgan fingerprint density at radius 2 is 2.11 bits per heavy atom. The zero-order valence-corrected chi connectivity index (χ0v) is 11.7. The smallest absolute Gasteiger partial charge is 0.127 e. The van der Waals surface area contributed by atoms with Gasteiger partial charge in [-0.3, -0.25) is 0 Å². The predicted octanol–water partition coefficient (Wildman–Crippen LogP) is 4.29. The summed E-state index contributed by atoms with van der Waals surface area (Å²) in [6, 6.07) is 7.42. The Balaban J connectivity index is 2.24. The van der Waals surface area contributed by atoms with E-state index in [0.717, 1.165) is 5.56 Å². The number of imidazole rings is 1. The van der Waals surface area contributed by atoms with Gasteiger partial charge < -0.3 is 9.72 Å². The molecule has 2 atom stereocenters. The first kappa shape index (κ1) is 14.1. The maximum Gasteiger partial charge on any atom is 0.127 e. The molecule has 0 bridgehead atoms. The van der Waals surface area contributed by atoms with Crippen LogP contribution in [0.4, 0.5) is 0 Å². The van der Waals surface area contributed by atoms with Gasteiger partial charge in [-0.2, -0.15) is 0 Å². The van der Waals surface area contributed by atoms with Crippen molar-refractivity contribution in [1.29, 1.82) is 0 Å². The van der Waals surface area contributed by atoms with Gasteiger partial charge in [0.05, 0.1) is 6.61 Å². The standard InChI is InChI=1S/C14H14Cl2N2O/c1-2-9-19-13(10-3-5-11(15)6-4-10)12(16)14-17-7-8-18-14/h2-8,12-13H,1,9H2,(H,17,18). The third-order valence-electron chi connectivity index (χ3n) is 2.64. The Morgan fingerprint density at radius 1 is 1.37 bits per heavy atom. The number of benzene rings is 1. The highest BCUT2D eigenvalue weighted by Gasteiger charge is 2.25. The minimum atomic E-state index is -0.406. The summed E-state index contributed by atoms with van der Waals surface area (Å²) in [5.74, 6) is 0.672. The Labute approximate surface area is 122 Å². The Kier molecular flexibility index (Phi) is 5.02. The number of alkyl halides is 1. The number of rotatable bonds is 6. The molecule has 0 fully saturated rings. The van der Waals surface area contributed by atoms with Crippen LogP contribution in [0.2, 0.25) is 5.02 Å². The van der Waals surface area contributed by atoms with Crippen molar-refractivity contribution in [2.24, 2.45) is 0 Å². The van der Waals surface area contributed by atoms with Crippen LogP contribution in [0, 0.1) is 0 Å². The van der Waals surface area contributed by atoms with Crippen molar-refractivity contribution in [1.82, 2.24) is 9.97 Å². The third kappa shape index (κ3) is 3.60. The summed E-state index contributed by atoms with van der Waals surface area (Å²) in [7, 11) is 0. The average molecular weight is 297 g/mol. The molecular weight excluding hydrogens is 283 g/mol. The molecule has 0 aliphatic rings. The van der Waals surface area contributed by atoms with Gasteiger partial charge in [0.2, 0.25) is 0 Å². The fraction of sp³-hybridized carbons (Fsp3) is 0.214. The van der Waals surface area contributed by atoms with Crippen LogP contribution in [-0.4, -0.2) is 16.6 Å². The SMILES string of the molecule is C=CCOC(c1ccc(Cl)cc1)C(Cl)c1ncc[nH]1. The van der Waals surface area contributed by atoms with Gasteiger partial charge in [-0.25, -0.2) is 4.98 Å². The number of hydrogen-bond acceptors (Lipinski definition) is 2. The molecule has 0 saturated heterocycles. The van der Waals surface area contributed by atoms with Crippen molar-refractivity contribution in [3.8, 4) is 0 Å². The number of aromatic nitrogens is 2. The van der Waals surface area contributed by atoms with E-state index in [4.69, 9.17) is 27.9 Å². The molecule has 1 aromatic heterocycles. The number of aromatic amines is 1. The molecule has 19 heavy (non-hydrogen) atoms. The van der Waals surface area contributed by atoms with Crippen LogP contribution in [0.15, 0.2) is 49.3 Å². The molecule has 0 aliphatic carbocycles. The first-order valence-electron chi connectivity index (χ1n) is 5.83. The van der Waals surface area contributed by atoms with Gasteiger partial charge in [0.25, 0.3) is 0 Å². The second kappa shape index (κ2) is 6.75. The summed E-state index contributed by atoms with van der Waals surface area (Å²) < 4.78 is 5.75. The zero-order valence-electron chi connectivity index (χ0n) is 10.2. The van der Waals surface area contributed by atoms with E-state index in [1.165, 1.54) is 0 Å². The van der Waals surface area contributed by atoms with Crippen molar-refractivity contribution in [2.45, 2.75) is 11.5 Å². The quantitative estimate of drug-likeness (QED) is 0.638. The van der Waals surface area contributed by atoms with Gasteiger partial charge in [0.15, 0.2) is 0 Å². The van der Waals surface area contributed by atoms with E-state index in [0.29, 0.717) is 17.5 Å². The molecule has 100 valence electrons. The van der Waals surface area contributed by atoms with E-state index >= 15 is 0 Å². The molecule has 0 saturated carbocycles. The first-order chi connectivity index (χ1) is 9.22. The zero-order chi connectivity index (χ0) is 13.7. The van der Waals surface area contributed by atoms with Gasteiger partial charge >= 0.3 is 0 Å². The van der Waals surface area contributed by atoms with Crippen LogP contribution in [0.25, 0.3) is 0 Å². The molecule has 0 radical (unpaired) electrons. The second-order valence-electron chi connectivity index (χ2n) is 3.97. The Morgan fingerprint density at radius 3 is 2.68 bits per heavy atom. The minimum Gasteiger partial charge on any atom is -0.367 e. The van der Waals surface area contributed by atoms with Gasteiger partial charge in [0, 0.05) is 17.4 Å². The topological polar surface area (TPSA) is 37.9 Å². The Bertz CT molecular complexity index is 511. The van der Waals surface area contributed by atoms with Crippen molar-refractivity contribution >= 4 is 23.2 Å². The van der Waals surface area contributed by atoms with Crippen LogP contribution in [-0.2, 0) is 4.74 Å². The minimum absolute atomic E-state index is 0.317. The number of nitrogens with zero attached hydrogens (tertiary/aromatic N) is 1. The number of ether oxygens (including phenoxy) is 1. The van der Waals surface area contributed by atoms with Crippen molar-refractivity contribution < 1.29 is 4.74 Å². The maximum absolute atomic E-state index is 6.44. The fourth-order valence-electron chi connectivity index (χ4n) is 1.75. The molecular formula is C14H14Cl2N2O. The first-order valence-corrected chi connectivity index (χ1v) is 6.65. The van der Waals surface area contributed by atoms with E-state index in [2.05, 4.69) is 16.5 Å². The summed E-state index contributed by atoms with van der Waals surface area (Å²) in [6.07, 6.45) is 4.77. The number of hydrogen-bond donors (Lipinski definition) is 1. The molecule has 2 unspecified atom stereocenters. The predicted molar refractivity (Wildman–Crippen MR) is 77.5 cm³/mol. The molecule has 5 heteroatoms. The number of halogens is 2. The summed E-state index contributed by atoms with van der Waals surface area (Å²) in [6.45, 7) is 4.06. The lowest BCUT2D eigenvalue weighted by Gasteiger charge is -2.21. The molecule has 1 N–H and O–H groups in total. The third-order valence-corrected chi connectivity index (χ3v) is 3.33. The summed E-state index contributed by atoms with van der Waals surface area (Å²) in [4.78, 5) is 7.17. The normalized spacial score (nSPS) is 14.0. The highest BCUT2D eigenvalue weighted by Crippen LogP contribution is 2.36. The largest absolute Gasteiger partial charge is 0.367 e. The van der Waals surface area contributed by atoms with Crippen molar-refractivity contribution in [3.63, 3.8) is 0 Å². The highest BCUT2D eigenvalue weighted by molar-refractivity contribution is 6.30. The monoisotopic (exact) mass is 296 g/mol. The van der Waals surface area contributed by atoms with Crippen molar-refractivity contribution in [2.75, 3.05) is 6.61 Å². The molecule has 0 spiro atoms. The fourth-order valence-corrected chi connectivity index (χ4v) is 2.21. The summed E-state index contributed by atoms with van der Waals surface area (Å²) >= 11 is 12.3. The molecule has 0 aliphatic heterocycles. The molecule has 1 aromatic carbocycles.